The van der Waals surface area contributed by atoms with Crippen LogP contribution in [0.15, 0.2) is 0 Å². The molecule has 1 rings (SSSR count). The summed E-state index contributed by atoms with van der Waals surface area (Å²) in [6.07, 6.45) is 2.15. The second-order valence-corrected chi connectivity index (χ2v) is 5.35. The van der Waals surface area contributed by atoms with Crippen molar-refractivity contribution in [2.24, 2.45) is 5.92 Å². The Hall–Kier alpha value is -0.0800. The second-order valence-electron chi connectivity index (χ2n) is 5.35. The van der Waals surface area contributed by atoms with Crippen LogP contribution < -0.4 is 5.32 Å². The lowest BCUT2D eigenvalue weighted by Crippen LogP contribution is -2.58. The number of aliphatic hydroxyl groups excluding tert-OH is 1. The molecule has 12 heavy (non-hydrogen) atoms. The van der Waals surface area contributed by atoms with Gasteiger partial charge in [-0.2, -0.15) is 0 Å². The fraction of sp³-hybridized carbons (Fsp3) is 1.00. The summed E-state index contributed by atoms with van der Waals surface area (Å²) < 4.78 is 0. The number of rotatable bonds is 1. The number of piperidine rings is 1. The van der Waals surface area contributed by atoms with Crippen LogP contribution in [0.5, 0.6) is 0 Å². The van der Waals surface area contributed by atoms with Gasteiger partial charge in [0.2, 0.25) is 0 Å². The highest BCUT2D eigenvalue weighted by Gasteiger charge is 2.36. The van der Waals surface area contributed by atoms with Gasteiger partial charge in [-0.15, -0.1) is 0 Å². The number of nitrogens with one attached hydrogen (secondary N) is 1. The van der Waals surface area contributed by atoms with Gasteiger partial charge in [0.25, 0.3) is 0 Å². The summed E-state index contributed by atoms with van der Waals surface area (Å²) in [5, 5.41) is 12.7. The Kier molecular flexibility index (Phi) is 2.50. The second kappa shape index (κ2) is 3.00. The van der Waals surface area contributed by atoms with E-state index in [0.717, 1.165) is 12.8 Å². The van der Waals surface area contributed by atoms with E-state index < -0.39 is 0 Å². The zero-order valence-corrected chi connectivity index (χ0v) is 8.65. The molecule has 0 amide bonds. The first-order chi connectivity index (χ1) is 5.35. The molecule has 2 heteroatoms. The van der Waals surface area contributed by atoms with E-state index in [-0.39, 0.29) is 11.1 Å². The third kappa shape index (κ3) is 2.46. The molecular formula is C10H21NO. The maximum absolute atomic E-state index is 9.13. The number of hydrogen-bond acceptors (Lipinski definition) is 2. The van der Waals surface area contributed by atoms with Crippen LogP contribution in [0.25, 0.3) is 0 Å². The highest BCUT2D eigenvalue weighted by molar-refractivity contribution is 4.96. The fourth-order valence-electron chi connectivity index (χ4n) is 2.66. The SMILES string of the molecule is CC1(C)CC(CO)CC(C)(C)N1. The zero-order chi connectivity index (χ0) is 9.41. The first-order valence-electron chi connectivity index (χ1n) is 4.75. The van der Waals surface area contributed by atoms with E-state index in [4.69, 9.17) is 5.11 Å². The monoisotopic (exact) mass is 171 g/mol. The smallest absolute Gasteiger partial charge is 0.0460 e. The van der Waals surface area contributed by atoms with E-state index in [9.17, 15) is 0 Å². The Morgan fingerprint density at radius 2 is 1.58 bits per heavy atom. The van der Waals surface area contributed by atoms with Crippen molar-refractivity contribution in [3.8, 4) is 0 Å². The highest BCUT2D eigenvalue weighted by Crippen LogP contribution is 2.32. The van der Waals surface area contributed by atoms with Gasteiger partial charge in [-0.25, -0.2) is 0 Å². The summed E-state index contributed by atoms with van der Waals surface area (Å²) in [6.45, 7) is 9.15. The number of aliphatic hydroxyl groups is 1. The zero-order valence-electron chi connectivity index (χ0n) is 8.65. The standard InChI is InChI=1S/C10H21NO/c1-9(2)5-8(7-12)6-10(3,4)11-9/h8,11-12H,5-7H2,1-4H3. The maximum Gasteiger partial charge on any atom is 0.0460 e. The van der Waals surface area contributed by atoms with E-state index in [1.165, 1.54) is 0 Å². The molecule has 0 radical (unpaired) electrons. The van der Waals surface area contributed by atoms with Crippen LogP contribution in [0.1, 0.15) is 40.5 Å². The van der Waals surface area contributed by atoms with Crippen LogP contribution in [0.4, 0.5) is 0 Å². The Balaban J connectivity index is 2.66. The van der Waals surface area contributed by atoms with Crippen molar-refractivity contribution in [1.29, 1.82) is 0 Å². The molecule has 1 aliphatic heterocycles. The molecule has 2 N–H and O–H groups in total. The molecule has 72 valence electrons. The molecule has 0 bridgehead atoms. The van der Waals surface area contributed by atoms with Crippen molar-refractivity contribution in [3.63, 3.8) is 0 Å². The van der Waals surface area contributed by atoms with Crippen LogP contribution in [0.3, 0.4) is 0 Å². The molecule has 0 aliphatic carbocycles. The summed E-state index contributed by atoms with van der Waals surface area (Å²) in [5.74, 6) is 0.469. The molecule has 0 atom stereocenters. The number of hydrogen-bond donors (Lipinski definition) is 2. The van der Waals surface area contributed by atoms with Gasteiger partial charge in [-0.1, -0.05) is 0 Å². The molecule has 1 heterocycles. The molecule has 1 saturated heterocycles. The van der Waals surface area contributed by atoms with Gasteiger partial charge in [-0.05, 0) is 46.5 Å². The van der Waals surface area contributed by atoms with E-state index in [1.807, 2.05) is 0 Å². The van der Waals surface area contributed by atoms with Gasteiger partial charge in [-0.3, -0.25) is 0 Å². The minimum Gasteiger partial charge on any atom is -0.396 e. The van der Waals surface area contributed by atoms with Crippen molar-refractivity contribution >= 4 is 0 Å². The molecule has 0 spiro atoms. The van der Waals surface area contributed by atoms with E-state index in [0.29, 0.717) is 12.5 Å². The predicted octanol–water partition coefficient (Wildman–Crippen LogP) is 1.54. The van der Waals surface area contributed by atoms with Gasteiger partial charge < -0.3 is 10.4 Å². The normalized spacial score (nSPS) is 28.8. The van der Waals surface area contributed by atoms with Crippen molar-refractivity contribution in [2.45, 2.75) is 51.6 Å². The minimum atomic E-state index is 0.176. The largest absolute Gasteiger partial charge is 0.396 e. The highest BCUT2D eigenvalue weighted by atomic mass is 16.3. The van der Waals surface area contributed by atoms with Gasteiger partial charge in [0.1, 0.15) is 0 Å². The van der Waals surface area contributed by atoms with Crippen LogP contribution in [-0.4, -0.2) is 22.8 Å². The van der Waals surface area contributed by atoms with E-state index >= 15 is 0 Å². The minimum absolute atomic E-state index is 0.176. The Bertz CT molecular complexity index is 147. The van der Waals surface area contributed by atoms with Gasteiger partial charge in [0.05, 0.1) is 0 Å². The maximum atomic E-state index is 9.13. The molecule has 0 unspecified atom stereocenters. The predicted molar refractivity (Wildman–Crippen MR) is 51.1 cm³/mol. The first kappa shape index (κ1) is 10.0. The van der Waals surface area contributed by atoms with E-state index in [2.05, 4.69) is 33.0 Å². The van der Waals surface area contributed by atoms with Crippen molar-refractivity contribution in [3.05, 3.63) is 0 Å². The van der Waals surface area contributed by atoms with Crippen LogP contribution in [0.2, 0.25) is 0 Å². The molecule has 2 nitrogen and oxygen atoms in total. The Labute approximate surface area is 75.4 Å². The van der Waals surface area contributed by atoms with Crippen LogP contribution in [-0.2, 0) is 0 Å². The third-order valence-electron chi connectivity index (χ3n) is 2.53. The summed E-state index contributed by atoms with van der Waals surface area (Å²) in [4.78, 5) is 0. The summed E-state index contributed by atoms with van der Waals surface area (Å²) >= 11 is 0. The van der Waals surface area contributed by atoms with Crippen LogP contribution >= 0.6 is 0 Å². The van der Waals surface area contributed by atoms with E-state index in [1.54, 1.807) is 0 Å². The van der Waals surface area contributed by atoms with Crippen LogP contribution in [0, 0.1) is 5.92 Å². The fourth-order valence-corrected chi connectivity index (χ4v) is 2.66. The lowest BCUT2D eigenvalue weighted by Gasteiger charge is -2.46. The lowest BCUT2D eigenvalue weighted by atomic mass is 9.76. The first-order valence-corrected chi connectivity index (χ1v) is 4.75. The topological polar surface area (TPSA) is 32.3 Å². The quantitative estimate of drug-likeness (QED) is 0.627. The molecule has 0 saturated carbocycles. The summed E-state index contributed by atoms with van der Waals surface area (Å²) in [7, 11) is 0. The average molecular weight is 171 g/mol. The third-order valence-corrected chi connectivity index (χ3v) is 2.53. The molecule has 0 aromatic heterocycles. The summed E-state index contributed by atoms with van der Waals surface area (Å²) in [5.41, 5.74) is 0.351. The van der Waals surface area contributed by atoms with Crippen molar-refractivity contribution in [1.82, 2.24) is 5.32 Å². The summed E-state index contributed by atoms with van der Waals surface area (Å²) in [6, 6.07) is 0. The Morgan fingerprint density at radius 1 is 1.17 bits per heavy atom. The molecule has 0 aromatic carbocycles. The average Bonchev–Trinajstić information content (AvgIpc) is 1.80. The van der Waals surface area contributed by atoms with Gasteiger partial charge in [0, 0.05) is 17.7 Å². The van der Waals surface area contributed by atoms with Crippen molar-refractivity contribution in [2.75, 3.05) is 6.61 Å². The van der Waals surface area contributed by atoms with Gasteiger partial charge in [0.15, 0.2) is 0 Å². The van der Waals surface area contributed by atoms with Gasteiger partial charge >= 0.3 is 0 Å². The molecule has 0 aromatic rings. The molecule has 1 fully saturated rings. The van der Waals surface area contributed by atoms with Crippen molar-refractivity contribution < 1.29 is 5.11 Å². The Morgan fingerprint density at radius 3 is 1.92 bits per heavy atom. The molecule has 1 aliphatic rings. The lowest BCUT2D eigenvalue weighted by molar-refractivity contribution is 0.0857. The molecular weight excluding hydrogens is 150 g/mol.